The van der Waals surface area contributed by atoms with E-state index in [4.69, 9.17) is 0 Å². The largest absolute Gasteiger partial charge is 0.393 e. The third-order valence-electron chi connectivity index (χ3n) is 11.2. The summed E-state index contributed by atoms with van der Waals surface area (Å²) in [4.78, 5) is 24.7. The Bertz CT molecular complexity index is 731. The molecule has 0 aromatic carbocycles. The van der Waals surface area contributed by atoms with E-state index in [2.05, 4.69) is 27.7 Å². The summed E-state index contributed by atoms with van der Waals surface area (Å²) in [7, 11) is 0. The average Bonchev–Trinajstić information content (AvgIpc) is 2.63. The Kier molecular flexibility index (Phi) is 5.15. The number of aliphatic hydroxyl groups excluding tert-OH is 2. The molecule has 2 N–H and O–H groups in total. The quantitative estimate of drug-likeness (QED) is 0.652. The fourth-order valence-electron chi connectivity index (χ4n) is 9.81. The standard InChI is InChI=1S/C26H42O4/c1-15(28)22-16(14-27)26(6)20(12-17(22)29)25(5)11-8-18-23(2,3)9-7-10-24(18,4)19(25)13-21(26)30/h14,16-22,29-30H,7-13H2,1-6H3. The fraction of sp³-hybridized carbons (Fsp3) is 0.923. The lowest BCUT2D eigenvalue weighted by atomic mass is 9.34. The molecule has 4 aliphatic rings. The van der Waals surface area contributed by atoms with Crippen LogP contribution in [-0.4, -0.2) is 34.5 Å². The van der Waals surface area contributed by atoms with Crippen LogP contribution in [0.25, 0.3) is 0 Å². The molecule has 4 aliphatic carbocycles. The molecule has 170 valence electrons. The lowest BCUT2D eigenvalue weighted by molar-refractivity contribution is -0.256. The van der Waals surface area contributed by atoms with Crippen LogP contribution >= 0.6 is 0 Å². The summed E-state index contributed by atoms with van der Waals surface area (Å²) in [6, 6.07) is 0. The highest BCUT2D eigenvalue weighted by molar-refractivity contribution is 5.83. The number of ketones is 1. The van der Waals surface area contributed by atoms with Crippen molar-refractivity contribution in [3.63, 3.8) is 0 Å². The van der Waals surface area contributed by atoms with E-state index in [1.165, 1.54) is 32.6 Å². The zero-order valence-corrected chi connectivity index (χ0v) is 19.8. The average molecular weight is 419 g/mol. The molecule has 4 heteroatoms. The van der Waals surface area contributed by atoms with Gasteiger partial charge in [0.05, 0.1) is 18.1 Å². The molecule has 4 nitrogen and oxygen atoms in total. The maximum Gasteiger partial charge on any atom is 0.136 e. The summed E-state index contributed by atoms with van der Waals surface area (Å²) in [5, 5.41) is 22.6. The zero-order valence-electron chi connectivity index (χ0n) is 19.8. The number of hydrogen-bond donors (Lipinski definition) is 2. The normalized spacial score (nSPS) is 55.0. The van der Waals surface area contributed by atoms with Gasteiger partial charge in [0.25, 0.3) is 0 Å². The third-order valence-corrected chi connectivity index (χ3v) is 11.2. The van der Waals surface area contributed by atoms with Gasteiger partial charge >= 0.3 is 0 Å². The minimum atomic E-state index is -0.799. The number of carbonyl (C=O) groups is 2. The second-order valence-electron chi connectivity index (χ2n) is 12.8. The first kappa shape index (κ1) is 22.5. The molecule has 0 aliphatic heterocycles. The molecule has 0 amide bonds. The van der Waals surface area contributed by atoms with Gasteiger partial charge in [-0.3, -0.25) is 4.79 Å². The summed E-state index contributed by atoms with van der Waals surface area (Å²) < 4.78 is 0. The lowest BCUT2D eigenvalue weighted by Crippen LogP contribution is -2.69. The van der Waals surface area contributed by atoms with Crippen molar-refractivity contribution in [2.24, 2.45) is 51.2 Å². The number of Topliss-reactive ketones (excluding diaryl/α,β-unsaturated/α-hetero) is 1. The minimum Gasteiger partial charge on any atom is -0.393 e. The van der Waals surface area contributed by atoms with E-state index in [-0.39, 0.29) is 22.5 Å². The van der Waals surface area contributed by atoms with Crippen LogP contribution in [0.3, 0.4) is 0 Å². The number of fused-ring (bicyclic) bond motifs is 5. The Labute approximate surface area is 182 Å². The SMILES string of the molecule is CC(=O)C1C(O)CC2C3(C)CCC4C(C)(C)CCCC4(C)C3CC(O)C2(C)C1C=O. The van der Waals surface area contributed by atoms with Gasteiger partial charge in [0.1, 0.15) is 12.1 Å². The Morgan fingerprint density at radius 3 is 2.13 bits per heavy atom. The van der Waals surface area contributed by atoms with Gasteiger partial charge in [0.15, 0.2) is 0 Å². The van der Waals surface area contributed by atoms with Crippen molar-refractivity contribution in [2.75, 3.05) is 0 Å². The molecular weight excluding hydrogens is 376 g/mol. The summed E-state index contributed by atoms with van der Waals surface area (Å²) in [6.07, 6.45) is 6.63. The molecule has 0 saturated heterocycles. The molecule has 0 spiro atoms. The van der Waals surface area contributed by atoms with Crippen LogP contribution in [0.5, 0.6) is 0 Å². The van der Waals surface area contributed by atoms with Gasteiger partial charge in [-0.05, 0) is 79.4 Å². The van der Waals surface area contributed by atoms with Crippen molar-refractivity contribution in [1.29, 1.82) is 0 Å². The van der Waals surface area contributed by atoms with Gasteiger partial charge in [-0.15, -0.1) is 0 Å². The number of hydrogen-bond acceptors (Lipinski definition) is 4. The van der Waals surface area contributed by atoms with Crippen LogP contribution < -0.4 is 0 Å². The Morgan fingerprint density at radius 2 is 1.53 bits per heavy atom. The Morgan fingerprint density at radius 1 is 0.900 bits per heavy atom. The first-order chi connectivity index (χ1) is 13.8. The molecule has 4 saturated carbocycles. The van der Waals surface area contributed by atoms with E-state index in [1.807, 2.05) is 6.92 Å². The van der Waals surface area contributed by atoms with E-state index in [0.29, 0.717) is 30.1 Å². The van der Waals surface area contributed by atoms with Crippen LogP contribution in [0.2, 0.25) is 0 Å². The third kappa shape index (κ3) is 2.71. The summed E-state index contributed by atoms with van der Waals surface area (Å²) in [5.74, 6) is -0.381. The first-order valence-electron chi connectivity index (χ1n) is 12.2. The van der Waals surface area contributed by atoms with Crippen molar-refractivity contribution in [2.45, 2.75) is 98.7 Å². The van der Waals surface area contributed by atoms with E-state index in [9.17, 15) is 19.8 Å². The summed E-state index contributed by atoms with van der Waals surface area (Å²) >= 11 is 0. The van der Waals surface area contributed by atoms with Crippen molar-refractivity contribution in [1.82, 2.24) is 0 Å². The van der Waals surface area contributed by atoms with Gasteiger partial charge in [0, 0.05) is 11.3 Å². The van der Waals surface area contributed by atoms with Gasteiger partial charge in [-0.1, -0.05) is 41.0 Å². The maximum atomic E-state index is 12.4. The Balaban J connectivity index is 1.80. The topological polar surface area (TPSA) is 74.6 Å². The molecule has 4 fully saturated rings. The monoisotopic (exact) mass is 418 g/mol. The van der Waals surface area contributed by atoms with Crippen LogP contribution in [0, 0.1) is 51.2 Å². The molecule has 0 radical (unpaired) electrons. The van der Waals surface area contributed by atoms with Crippen LogP contribution in [-0.2, 0) is 9.59 Å². The molecule has 0 aromatic heterocycles. The highest BCUT2D eigenvalue weighted by atomic mass is 16.3. The molecule has 0 heterocycles. The zero-order chi connectivity index (χ0) is 22.3. The smallest absolute Gasteiger partial charge is 0.136 e. The number of carbonyl (C=O) groups excluding carboxylic acids is 2. The molecule has 4 rings (SSSR count). The summed E-state index contributed by atoms with van der Waals surface area (Å²) in [5.41, 5.74) is -0.195. The van der Waals surface area contributed by atoms with Crippen LogP contribution in [0.4, 0.5) is 0 Å². The predicted molar refractivity (Wildman–Crippen MR) is 117 cm³/mol. The number of rotatable bonds is 2. The second-order valence-corrected chi connectivity index (χ2v) is 12.8. The molecule has 10 atom stereocenters. The summed E-state index contributed by atoms with van der Waals surface area (Å²) in [6.45, 7) is 13.2. The highest BCUT2D eigenvalue weighted by Gasteiger charge is 2.70. The molecular formula is C26H42O4. The van der Waals surface area contributed by atoms with E-state index >= 15 is 0 Å². The van der Waals surface area contributed by atoms with Crippen molar-refractivity contribution in [3.8, 4) is 0 Å². The molecule has 0 bridgehead atoms. The van der Waals surface area contributed by atoms with E-state index in [0.717, 1.165) is 12.7 Å². The van der Waals surface area contributed by atoms with Crippen molar-refractivity contribution >= 4 is 12.1 Å². The Hall–Kier alpha value is -0.740. The van der Waals surface area contributed by atoms with E-state index in [1.54, 1.807) is 0 Å². The second kappa shape index (κ2) is 6.88. The maximum absolute atomic E-state index is 12.4. The van der Waals surface area contributed by atoms with Gasteiger partial charge in [-0.2, -0.15) is 0 Å². The first-order valence-corrected chi connectivity index (χ1v) is 12.2. The fourth-order valence-corrected chi connectivity index (χ4v) is 9.81. The predicted octanol–water partition coefficient (Wildman–Crippen LogP) is 4.41. The molecule has 30 heavy (non-hydrogen) atoms. The van der Waals surface area contributed by atoms with Crippen molar-refractivity contribution in [3.05, 3.63) is 0 Å². The minimum absolute atomic E-state index is 0.0311. The molecule has 10 unspecified atom stereocenters. The number of aliphatic hydroxyl groups is 2. The van der Waals surface area contributed by atoms with Crippen molar-refractivity contribution < 1.29 is 19.8 Å². The lowest BCUT2D eigenvalue weighted by Gasteiger charge is -2.71. The van der Waals surface area contributed by atoms with Crippen LogP contribution in [0.1, 0.15) is 86.5 Å². The van der Waals surface area contributed by atoms with Crippen LogP contribution in [0.15, 0.2) is 0 Å². The number of aldehydes is 1. The van der Waals surface area contributed by atoms with Gasteiger partial charge < -0.3 is 15.0 Å². The molecule has 0 aromatic rings. The highest BCUT2D eigenvalue weighted by Crippen LogP contribution is 2.73. The van der Waals surface area contributed by atoms with Gasteiger partial charge in [0.2, 0.25) is 0 Å². The van der Waals surface area contributed by atoms with Gasteiger partial charge in [-0.25, -0.2) is 0 Å². The van der Waals surface area contributed by atoms with E-state index < -0.39 is 29.5 Å².